The minimum absolute atomic E-state index is 0.0705. The van der Waals surface area contributed by atoms with Gasteiger partial charge in [0.05, 0.1) is 17.6 Å². The van der Waals surface area contributed by atoms with Crippen molar-refractivity contribution in [1.82, 2.24) is 19.8 Å². The van der Waals surface area contributed by atoms with E-state index in [1.165, 1.54) is 0 Å². The van der Waals surface area contributed by atoms with Crippen molar-refractivity contribution in [3.63, 3.8) is 0 Å². The molecule has 0 atom stereocenters. The predicted octanol–water partition coefficient (Wildman–Crippen LogP) is 3.52. The van der Waals surface area contributed by atoms with Crippen LogP contribution < -0.4 is 4.90 Å². The second-order valence-corrected chi connectivity index (χ2v) is 7.22. The fourth-order valence-corrected chi connectivity index (χ4v) is 3.68. The summed E-state index contributed by atoms with van der Waals surface area (Å²) in [7, 11) is 1.86. The van der Waals surface area contributed by atoms with Crippen LogP contribution in [-0.4, -0.2) is 59.0 Å². The maximum Gasteiger partial charge on any atom is 0.320 e. The van der Waals surface area contributed by atoms with E-state index in [1.807, 2.05) is 66.7 Å². The topological polar surface area (TPSA) is 52.6 Å². The van der Waals surface area contributed by atoms with E-state index < -0.39 is 0 Å². The number of benzene rings is 2. The van der Waals surface area contributed by atoms with Gasteiger partial charge in [-0.2, -0.15) is 0 Å². The molecule has 0 radical (unpaired) electrons. The Morgan fingerprint density at radius 1 is 0.966 bits per heavy atom. The molecular weight excluding hydrogens is 362 g/mol. The molecule has 29 heavy (non-hydrogen) atoms. The van der Waals surface area contributed by atoms with Gasteiger partial charge in [-0.15, -0.1) is 0 Å². The number of piperazine rings is 1. The number of carbonyl (C=O) groups is 1. The average Bonchev–Trinajstić information content (AvgIpc) is 2.80. The maximum atomic E-state index is 12.8. The SMILES string of the molecule is CN(Cc1ccccc1)C(=O)N1CCN(c2cncnc2-c2ccccc2)CC1. The van der Waals surface area contributed by atoms with Crippen LogP contribution in [0.25, 0.3) is 11.3 Å². The molecule has 1 saturated heterocycles. The minimum Gasteiger partial charge on any atom is -0.365 e. The highest BCUT2D eigenvalue weighted by Crippen LogP contribution is 2.28. The third-order valence-electron chi connectivity index (χ3n) is 5.22. The zero-order valence-corrected chi connectivity index (χ0v) is 16.6. The van der Waals surface area contributed by atoms with Crippen molar-refractivity contribution < 1.29 is 4.79 Å². The Labute approximate surface area is 171 Å². The molecular formula is C23H25N5O. The zero-order chi connectivity index (χ0) is 20.1. The summed E-state index contributed by atoms with van der Waals surface area (Å²) in [5.41, 5.74) is 4.16. The second-order valence-electron chi connectivity index (χ2n) is 7.22. The Kier molecular flexibility index (Phi) is 5.70. The van der Waals surface area contributed by atoms with E-state index >= 15 is 0 Å². The lowest BCUT2D eigenvalue weighted by Crippen LogP contribution is -2.52. The van der Waals surface area contributed by atoms with Crippen molar-refractivity contribution in [2.45, 2.75) is 6.54 Å². The van der Waals surface area contributed by atoms with Gasteiger partial charge in [0.1, 0.15) is 6.33 Å². The standard InChI is InChI=1S/C23H25N5O/c1-26(17-19-8-4-2-5-9-19)23(29)28-14-12-27(13-15-28)21-16-24-18-25-22(21)20-10-6-3-7-11-20/h2-11,16,18H,12-15,17H2,1H3. The van der Waals surface area contributed by atoms with Gasteiger partial charge in [0, 0.05) is 45.3 Å². The largest absolute Gasteiger partial charge is 0.365 e. The van der Waals surface area contributed by atoms with Crippen LogP contribution in [0.15, 0.2) is 73.2 Å². The highest BCUT2D eigenvalue weighted by atomic mass is 16.2. The molecule has 0 bridgehead atoms. The highest BCUT2D eigenvalue weighted by Gasteiger charge is 2.25. The molecule has 6 nitrogen and oxygen atoms in total. The first-order chi connectivity index (χ1) is 14.2. The van der Waals surface area contributed by atoms with Crippen molar-refractivity contribution in [2.75, 3.05) is 38.1 Å². The molecule has 0 aliphatic carbocycles. The molecule has 0 N–H and O–H groups in total. The van der Waals surface area contributed by atoms with Crippen LogP contribution in [0, 0.1) is 0 Å². The van der Waals surface area contributed by atoms with Crippen molar-refractivity contribution >= 4 is 11.7 Å². The van der Waals surface area contributed by atoms with Gasteiger partial charge in [-0.05, 0) is 5.56 Å². The smallest absolute Gasteiger partial charge is 0.320 e. The first-order valence-electron chi connectivity index (χ1n) is 9.87. The quantitative estimate of drug-likeness (QED) is 0.687. The lowest BCUT2D eigenvalue weighted by atomic mass is 10.1. The van der Waals surface area contributed by atoms with Gasteiger partial charge >= 0.3 is 6.03 Å². The van der Waals surface area contributed by atoms with Crippen molar-refractivity contribution in [3.8, 4) is 11.3 Å². The summed E-state index contributed by atoms with van der Waals surface area (Å²) in [5.74, 6) is 0. The summed E-state index contributed by atoms with van der Waals surface area (Å²) in [6.45, 7) is 3.50. The first-order valence-corrected chi connectivity index (χ1v) is 9.87. The molecule has 148 valence electrons. The third kappa shape index (κ3) is 4.37. The number of urea groups is 1. The molecule has 0 spiro atoms. The normalized spacial score (nSPS) is 14.0. The molecule has 1 aromatic heterocycles. The molecule has 0 unspecified atom stereocenters. The van der Waals surface area contributed by atoms with E-state index in [9.17, 15) is 4.79 Å². The second kappa shape index (κ2) is 8.73. The molecule has 0 saturated carbocycles. The third-order valence-corrected chi connectivity index (χ3v) is 5.22. The summed E-state index contributed by atoms with van der Waals surface area (Å²) < 4.78 is 0. The Bertz CT molecular complexity index is 940. The maximum absolute atomic E-state index is 12.8. The van der Waals surface area contributed by atoms with Gasteiger partial charge in [-0.3, -0.25) is 0 Å². The van der Waals surface area contributed by atoms with Gasteiger partial charge in [-0.25, -0.2) is 14.8 Å². The van der Waals surface area contributed by atoms with Crippen LogP contribution >= 0.6 is 0 Å². The molecule has 6 heteroatoms. The van der Waals surface area contributed by atoms with Crippen LogP contribution in [0.5, 0.6) is 0 Å². The van der Waals surface area contributed by atoms with Crippen molar-refractivity contribution in [3.05, 3.63) is 78.8 Å². The number of hydrogen-bond acceptors (Lipinski definition) is 4. The van der Waals surface area contributed by atoms with Crippen molar-refractivity contribution in [1.29, 1.82) is 0 Å². The van der Waals surface area contributed by atoms with Gasteiger partial charge in [-0.1, -0.05) is 60.7 Å². The molecule has 1 fully saturated rings. The van der Waals surface area contributed by atoms with E-state index in [0.717, 1.165) is 35.6 Å². The van der Waals surface area contributed by atoms with Gasteiger partial charge in [0.15, 0.2) is 0 Å². The fraction of sp³-hybridized carbons (Fsp3) is 0.261. The van der Waals surface area contributed by atoms with Crippen LogP contribution in [0.1, 0.15) is 5.56 Å². The summed E-state index contributed by atoms with van der Waals surface area (Å²) in [4.78, 5) is 27.6. The average molecular weight is 387 g/mol. The number of aromatic nitrogens is 2. The van der Waals surface area contributed by atoms with Crippen molar-refractivity contribution in [2.24, 2.45) is 0 Å². The number of anilines is 1. The molecule has 2 amide bonds. The Hall–Kier alpha value is -3.41. The molecule has 2 heterocycles. The van der Waals surface area contributed by atoms with E-state index in [-0.39, 0.29) is 6.03 Å². The van der Waals surface area contributed by atoms with Crippen LogP contribution in [0.2, 0.25) is 0 Å². The Morgan fingerprint density at radius 3 is 2.31 bits per heavy atom. The number of hydrogen-bond donors (Lipinski definition) is 0. The molecule has 4 rings (SSSR count). The lowest BCUT2D eigenvalue weighted by Gasteiger charge is -2.38. The van der Waals surface area contributed by atoms with Gasteiger partial charge < -0.3 is 14.7 Å². The van der Waals surface area contributed by atoms with E-state index in [2.05, 4.69) is 27.0 Å². The zero-order valence-electron chi connectivity index (χ0n) is 16.6. The number of carbonyl (C=O) groups excluding carboxylic acids is 1. The Balaban J connectivity index is 1.41. The van der Waals surface area contributed by atoms with E-state index in [0.29, 0.717) is 19.6 Å². The highest BCUT2D eigenvalue weighted by molar-refractivity contribution is 5.76. The van der Waals surface area contributed by atoms with Gasteiger partial charge in [0.25, 0.3) is 0 Å². The van der Waals surface area contributed by atoms with Crippen LogP contribution in [-0.2, 0) is 6.54 Å². The number of amides is 2. The summed E-state index contributed by atoms with van der Waals surface area (Å²) in [6.07, 6.45) is 3.46. The first kappa shape index (κ1) is 18.9. The lowest BCUT2D eigenvalue weighted by molar-refractivity contribution is 0.157. The number of rotatable bonds is 4. The number of nitrogens with zero attached hydrogens (tertiary/aromatic N) is 5. The van der Waals surface area contributed by atoms with E-state index in [4.69, 9.17) is 0 Å². The monoisotopic (exact) mass is 387 g/mol. The minimum atomic E-state index is 0.0705. The summed E-state index contributed by atoms with van der Waals surface area (Å²) in [6, 6.07) is 20.3. The fourth-order valence-electron chi connectivity index (χ4n) is 3.68. The van der Waals surface area contributed by atoms with Gasteiger partial charge in [0.2, 0.25) is 0 Å². The molecule has 2 aromatic carbocycles. The molecule has 1 aliphatic rings. The predicted molar refractivity (Wildman–Crippen MR) is 115 cm³/mol. The summed E-state index contributed by atoms with van der Waals surface area (Å²) in [5, 5.41) is 0. The molecule has 3 aromatic rings. The summed E-state index contributed by atoms with van der Waals surface area (Å²) >= 11 is 0. The Morgan fingerprint density at radius 2 is 1.62 bits per heavy atom. The van der Waals surface area contributed by atoms with Crippen LogP contribution in [0.4, 0.5) is 10.5 Å². The van der Waals surface area contributed by atoms with Crippen LogP contribution in [0.3, 0.4) is 0 Å². The van der Waals surface area contributed by atoms with E-state index in [1.54, 1.807) is 11.2 Å². The molecule has 1 aliphatic heterocycles.